The number of hydrogen-bond donors (Lipinski definition) is 1. The van der Waals surface area contributed by atoms with Crippen LogP contribution in [0.15, 0.2) is 36.7 Å². The van der Waals surface area contributed by atoms with Crippen LogP contribution < -0.4 is 14.4 Å². The molecule has 1 aliphatic carbocycles. The molecule has 9 heteroatoms. The predicted octanol–water partition coefficient (Wildman–Crippen LogP) is 2.79. The van der Waals surface area contributed by atoms with Crippen LogP contribution in [-0.2, 0) is 23.1 Å². The van der Waals surface area contributed by atoms with Crippen LogP contribution in [0.3, 0.4) is 0 Å². The number of anilines is 1. The van der Waals surface area contributed by atoms with Crippen LogP contribution in [0, 0.1) is 0 Å². The van der Waals surface area contributed by atoms with E-state index in [0.717, 1.165) is 35.5 Å². The highest BCUT2D eigenvalue weighted by Gasteiger charge is 2.36. The Morgan fingerprint density at radius 2 is 2.03 bits per heavy atom. The van der Waals surface area contributed by atoms with Crippen LogP contribution in [0.25, 0.3) is 11.5 Å². The van der Waals surface area contributed by atoms with Crippen molar-refractivity contribution < 1.29 is 19.4 Å². The average molecular weight is 478 g/mol. The first-order valence-electron chi connectivity index (χ1n) is 11.6. The molecule has 0 fully saturated rings. The Kier molecular flexibility index (Phi) is 7.25. The molecule has 3 heterocycles. The third-order valence-electron chi connectivity index (χ3n) is 6.13. The molecule has 35 heavy (non-hydrogen) atoms. The summed E-state index contributed by atoms with van der Waals surface area (Å²) in [6.45, 7) is 4.70. The molecular formula is C26H31N5O4. The van der Waals surface area contributed by atoms with Crippen molar-refractivity contribution in [2.75, 3.05) is 38.8 Å². The fourth-order valence-electron chi connectivity index (χ4n) is 4.36. The summed E-state index contributed by atoms with van der Waals surface area (Å²) in [6.07, 6.45) is 5.37. The van der Waals surface area contributed by atoms with Gasteiger partial charge in [-0.15, -0.1) is 0 Å². The van der Waals surface area contributed by atoms with Gasteiger partial charge in [0.1, 0.15) is 23.9 Å². The number of ether oxygens (including phenoxy) is 2. The number of rotatable bonds is 10. The lowest BCUT2D eigenvalue weighted by atomic mass is 9.87. The normalized spacial score (nSPS) is 13.9. The highest BCUT2D eigenvalue weighted by Crippen LogP contribution is 2.43. The van der Waals surface area contributed by atoms with Crippen LogP contribution >= 0.6 is 0 Å². The average Bonchev–Trinajstić information content (AvgIpc) is 3.17. The summed E-state index contributed by atoms with van der Waals surface area (Å²) >= 11 is 0. The fraction of sp³-hybridized carbons (Fsp3) is 0.423. The highest BCUT2D eigenvalue weighted by atomic mass is 16.5. The SMILES string of the molecule is COc1ccc(CC(=O)CN(C)c2nc(-c3cc(OCCO)ccn3)nc3c2C(C)(C)CC3)cn1. The summed E-state index contributed by atoms with van der Waals surface area (Å²) in [5.74, 6) is 2.40. The zero-order valence-corrected chi connectivity index (χ0v) is 20.6. The second kappa shape index (κ2) is 10.4. The monoisotopic (exact) mass is 477 g/mol. The van der Waals surface area contributed by atoms with E-state index in [1.54, 1.807) is 37.7 Å². The second-order valence-electron chi connectivity index (χ2n) is 9.31. The van der Waals surface area contributed by atoms with Gasteiger partial charge >= 0.3 is 0 Å². The second-order valence-corrected chi connectivity index (χ2v) is 9.31. The number of methoxy groups -OCH3 is 1. The number of fused-ring (bicyclic) bond motifs is 1. The summed E-state index contributed by atoms with van der Waals surface area (Å²) < 4.78 is 10.6. The summed E-state index contributed by atoms with van der Waals surface area (Å²) in [5.41, 5.74) is 3.38. The van der Waals surface area contributed by atoms with Crippen LogP contribution in [0.2, 0.25) is 0 Å². The van der Waals surface area contributed by atoms with Gasteiger partial charge in [-0.05, 0) is 29.9 Å². The Bertz CT molecular complexity index is 1200. The minimum atomic E-state index is -0.0973. The van der Waals surface area contributed by atoms with E-state index in [1.807, 2.05) is 18.0 Å². The first-order chi connectivity index (χ1) is 16.8. The van der Waals surface area contributed by atoms with Gasteiger partial charge in [-0.3, -0.25) is 9.78 Å². The van der Waals surface area contributed by atoms with Gasteiger partial charge in [-0.1, -0.05) is 19.9 Å². The van der Waals surface area contributed by atoms with Gasteiger partial charge in [0.15, 0.2) is 11.6 Å². The van der Waals surface area contributed by atoms with Gasteiger partial charge in [0, 0.05) is 43.6 Å². The number of nitrogens with zero attached hydrogens (tertiary/aromatic N) is 5. The van der Waals surface area contributed by atoms with Gasteiger partial charge in [0.05, 0.1) is 26.0 Å². The Balaban J connectivity index is 1.61. The van der Waals surface area contributed by atoms with Gasteiger partial charge in [0.25, 0.3) is 0 Å². The van der Waals surface area contributed by atoms with Crippen molar-refractivity contribution >= 4 is 11.6 Å². The van der Waals surface area contributed by atoms with E-state index in [2.05, 4.69) is 23.8 Å². The van der Waals surface area contributed by atoms with Gasteiger partial charge < -0.3 is 19.5 Å². The van der Waals surface area contributed by atoms with Gasteiger partial charge in [-0.25, -0.2) is 15.0 Å². The molecule has 0 bridgehead atoms. The minimum Gasteiger partial charge on any atom is -0.491 e. The minimum absolute atomic E-state index is 0.0571. The lowest BCUT2D eigenvalue weighted by Gasteiger charge is -2.27. The molecule has 0 aromatic carbocycles. The highest BCUT2D eigenvalue weighted by molar-refractivity contribution is 5.85. The number of likely N-dealkylation sites (N-methyl/N-ethyl adjacent to an activating group) is 1. The van der Waals surface area contributed by atoms with Crippen LogP contribution in [-0.4, -0.2) is 64.7 Å². The number of carbonyl (C=O) groups is 1. The molecule has 0 atom stereocenters. The molecule has 0 saturated carbocycles. The summed E-state index contributed by atoms with van der Waals surface area (Å²) in [4.78, 5) is 33.2. The standard InChI is InChI=1S/C26H31N5O4/c1-26(2)9-7-20-23(26)25(30-24(29-20)21-14-19(8-10-27-21)35-12-11-32)31(3)16-18(33)13-17-5-6-22(34-4)28-15-17/h5-6,8,10,14-15,32H,7,9,11-13,16H2,1-4H3. The quantitative estimate of drug-likeness (QED) is 0.471. The molecule has 3 aromatic heterocycles. The van der Waals surface area contributed by atoms with Crippen molar-refractivity contribution in [2.45, 2.75) is 38.5 Å². The number of Topliss-reactive ketones (excluding diaryl/α,β-unsaturated/α-hetero) is 1. The maximum Gasteiger partial charge on any atom is 0.212 e. The van der Waals surface area contributed by atoms with E-state index < -0.39 is 0 Å². The molecule has 3 aromatic rings. The Hall–Kier alpha value is -3.59. The molecule has 0 amide bonds. The van der Waals surface area contributed by atoms with Crippen molar-refractivity contribution in [3.05, 3.63) is 53.5 Å². The molecule has 0 saturated heterocycles. The first-order valence-corrected chi connectivity index (χ1v) is 11.6. The van der Waals surface area contributed by atoms with E-state index in [-0.39, 0.29) is 37.4 Å². The Labute approximate surface area is 205 Å². The zero-order chi connectivity index (χ0) is 25.0. The molecule has 0 unspecified atom stereocenters. The molecule has 0 aliphatic heterocycles. The molecule has 184 valence electrons. The van der Waals surface area contributed by atoms with E-state index in [9.17, 15) is 4.79 Å². The molecule has 1 aliphatic rings. The number of carbonyl (C=O) groups excluding carboxylic acids is 1. The largest absolute Gasteiger partial charge is 0.491 e. The topological polar surface area (TPSA) is 111 Å². The van der Waals surface area contributed by atoms with Crippen molar-refractivity contribution in [1.82, 2.24) is 19.9 Å². The zero-order valence-electron chi connectivity index (χ0n) is 20.6. The van der Waals surface area contributed by atoms with Crippen molar-refractivity contribution in [3.63, 3.8) is 0 Å². The molecule has 4 rings (SSSR count). The van der Waals surface area contributed by atoms with Crippen molar-refractivity contribution in [3.8, 4) is 23.1 Å². The van der Waals surface area contributed by atoms with Crippen LogP contribution in [0.4, 0.5) is 5.82 Å². The smallest absolute Gasteiger partial charge is 0.212 e. The molecule has 1 N–H and O–H groups in total. The van der Waals surface area contributed by atoms with Crippen LogP contribution in [0.1, 0.15) is 37.1 Å². The number of aliphatic hydroxyl groups excluding tert-OH is 1. The number of aryl methyl sites for hydroxylation is 1. The van der Waals surface area contributed by atoms with Crippen molar-refractivity contribution in [1.29, 1.82) is 0 Å². The van der Waals surface area contributed by atoms with Crippen molar-refractivity contribution in [2.24, 2.45) is 0 Å². The maximum absolute atomic E-state index is 12.9. The Morgan fingerprint density at radius 3 is 2.74 bits per heavy atom. The first kappa shape index (κ1) is 24.5. The van der Waals surface area contributed by atoms with E-state index in [4.69, 9.17) is 24.5 Å². The van der Waals surface area contributed by atoms with Gasteiger partial charge in [-0.2, -0.15) is 0 Å². The lowest BCUT2D eigenvalue weighted by molar-refractivity contribution is -0.117. The number of aromatic nitrogens is 4. The molecule has 0 spiro atoms. The fourth-order valence-corrected chi connectivity index (χ4v) is 4.36. The third-order valence-corrected chi connectivity index (χ3v) is 6.13. The Morgan fingerprint density at radius 1 is 1.20 bits per heavy atom. The molecule has 0 radical (unpaired) electrons. The van der Waals surface area contributed by atoms with E-state index >= 15 is 0 Å². The number of pyridine rings is 2. The number of hydrogen-bond acceptors (Lipinski definition) is 9. The predicted molar refractivity (Wildman–Crippen MR) is 132 cm³/mol. The van der Waals surface area contributed by atoms with Gasteiger partial charge in [0.2, 0.25) is 5.88 Å². The van der Waals surface area contributed by atoms with E-state index in [1.165, 1.54) is 0 Å². The number of ketones is 1. The molecular weight excluding hydrogens is 446 g/mol. The van der Waals surface area contributed by atoms with Crippen LogP contribution in [0.5, 0.6) is 11.6 Å². The summed E-state index contributed by atoms with van der Waals surface area (Å²) in [5, 5.41) is 9.05. The number of aliphatic hydroxyl groups is 1. The maximum atomic E-state index is 12.9. The summed E-state index contributed by atoms with van der Waals surface area (Å²) in [6, 6.07) is 7.10. The molecule has 9 nitrogen and oxygen atoms in total. The van der Waals surface area contributed by atoms with E-state index in [0.29, 0.717) is 23.1 Å². The third kappa shape index (κ3) is 5.57. The lowest BCUT2D eigenvalue weighted by Crippen LogP contribution is -2.30. The summed E-state index contributed by atoms with van der Waals surface area (Å²) in [7, 11) is 3.45.